The van der Waals surface area contributed by atoms with Crippen LogP contribution in [0.3, 0.4) is 0 Å². The number of hydrogen-bond donors (Lipinski definition) is 0. The van der Waals surface area contributed by atoms with Gasteiger partial charge in [-0.05, 0) is 49.8 Å². The highest BCUT2D eigenvalue weighted by atomic mass is 35.5. The predicted molar refractivity (Wildman–Crippen MR) is 102 cm³/mol. The van der Waals surface area contributed by atoms with Crippen molar-refractivity contribution >= 4 is 17.5 Å². The summed E-state index contributed by atoms with van der Waals surface area (Å²) >= 11 is 6.17. The van der Waals surface area contributed by atoms with Gasteiger partial charge in [0.25, 0.3) is 5.91 Å². The normalized spacial score (nSPS) is 14.5. The smallest absolute Gasteiger partial charge is 0.257 e. The summed E-state index contributed by atoms with van der Waals surface area (Å²) in [5.74, 6) is 0.579. The van der Waals surface area contributed by atoms with Crippen LogP contribution in [0.4, 0.5) is 0 Å². The molecule has 0 aliphatic carbocycles. The van der Waals surface area contributed by atoms with Gasteiger partial charge in [-0.25, -0.2) is 4.68 Å². The molecule has 1 aromatic carbocycles. The van der Waals surface area contributed by atoms with Crippen molar-refractivity contribution < 1.29 is 4.79 Å². The number of carbonyl (C=O) groups excluding carboxylic acids is 1. The first-order chi connectivity index (χ1) is 12.0. The first kappa shape index (κ1) is 18.0. The van der Waals surface area contributed by atoms with Crippen LogP contribution in [0.2, 0.25) is 5.02 Å². The van der Waals surface area contributed by atoms with Crippen molar-refractivity contribution in [1.82, 2.24) is 14.7 Å². The molecule has 0 atom stereocenters. The van der Waals surface area contributed by atoms with Gasteiger partial charge in [0.2, 0.25) is 0 Å². The second-order valence-electron chi connectivity index (χ2n) is 7.11. The molecule has 0 spiro atoms. The van der Waals surface area contributed by atoms with Gasteiger partial charge in [-0.2, -0.15) is 5.10 Å². The van der Waals surface area contributed by atoms with E-state index in [1.807, 2.05) is 33.8 Å². The van der Waals surface area contributed by atoms with E-state index >= 15 is 0 Å². The van der Waals surface area contributed by atoms with Crippen LogP contribution in [0.5, 0.6) is 0 Å². The monoisotopic (exact) mass is 359 g/mol. The summed E-state index contributed by atoms with van der Waals surface area (Å²) in [6.45, 7) is 8.11. The highest BCUT2D eigenvalue weighted by Gasteiger charge is 2.28. The van der Waals surface area contributed by atoms with Crippen LogP contribution in [0.25, 0.3) is 5.69 Å². The molecule has 2 aromatic rings. The topological polar surface area (TPSA) is 38.1 Å². The maximum Gasteiger partial charge on any atom is 0.257 e. The summed E-state index contributed by atoms with van der Waals surface area (Å²) in [4.78, 5) is 15.2. The van der Waals surface area contributed by atoms with E-state index in [2.05, 4.69) is 20.8 Å². The Morgan fingerprint density at radius 1 is 1.28 bits per heavy atom. The van der Waals surface area contributed by atoms with E-state index in [-0.39, 0.29) is 5.91 Å². The molecule has 1 aliphatic heterocycles. The molecule has 0 radical (unpaired) electrons. The summed E-state index contributed by atoms with van der Waals surface area (Å²) < 4.78 is 1.91. The third-order valence-corrected chi connectivity index (χ3v) is 4.89. The Morgan fingerprint density at radius 2 is 2.00 bits per heavy atom. The van der Waals surface area contributed by atoms with E-state index in [0.717, 1.165) is 61.4 Å². The molecule has 5 heteroatoms. The second kappa shape index (κ2) is 7.61. The van der Waals surface area contributed by atoms with Gasteiger partial charge in [0.15, 0.2) is 0 Å². The van der Waals surface area contributed by atoms with Crippen LogP contribution in [-0.4, -0.2) is 33.7 Å². The molecule has 1 amide bonds. The quantitative estimate of drug-likeness (QED) is 0.787. The number of amides is 1. The Bertz CT molecular complexity index is 760. The number of halogens is 1. The SMILES string of the molecule is CCc1c(C(=O)N2CCCC2)c(CC(C)C)nn1-c1cccc(Cl)c1. The van der Waals surface area contributed by atoms with Gasteiger partial charge < -0.3 is 4.90 Å². The molecule has 0 saturated carbocycles. The Balaban J connectivity index is 2.12. The van der Waals surface area contributed by atoms with Crippen molar-refractivity contribution in [3.05, 3.63) is 46.2 Å². The van der Waals surface area contributed by atoms with Crippen LogP contribution in [0, 0.1) is 5.92 Å². The van der Waals surface area contributed by atoms with E-state index < -0.39 is 0 Å². The molecule has 1 saturated heterocycles. The van der Waals surface area contributed by atoms with Crippen molar-refractivity contribution in [2.24, 2.45) is 5.92 Å². The zero-order valence-electron chi connectivity index (χ0n) is 15.3. The van der Waals surface area contributed by atoms with Gasteiger partial charge in [-0.1, -0.05) is 38.4 Å². The minimum absolute atomic E-state index is 0.137. The Hall–Kier alpha value is -1.81. The van der Waals surface area contributed by atoms with Crippen LogP contribution >= 0.6 is 11.6 Å². The van der Waals surface area contributed by atoms with Crippen molar-refractivity contribution in [3.8, 4) is 5.69 Å². The van der Waals surface area contributed by atoms with E-state index in [0.29, 0.717) is 10.9 Å². The van der Waals surface area contributed by atoms with Gasteiger partial charge in [-0.3, -0.25) is 4.79 Å². The van der Waals surface area contributed by atoms with Crippen LogP contribution in [-0.2, 0) is 12.8 Å². The molecule has 1 aliphatic rings. The molecule has 2 heterocycles. The average molecular weight is 360 g/mol. The molecule has 0 N–H and O–H groups in total. The molecular formula is C20H26ClN3O. The second-order valence-corrected chi connectivity index (χ2v) is 7.55. The standard InChI is InChI=1S/C20H26ClN3O/c1-4-18-19(20(25)23-10-5-6-11-23)17(12-14(2)3)22-24(18)16-9-7-8-15(21)13-16/h7-9,13-14H,4-6,10-12H2,1-3H3. The van der Waals surface area contributed by atoms with Gasteiger partial charge in [0.05, 0.1) is 22.6 Å². The van der Waals surface area contributed by atoms with Crippen molar-refractivity contribution in [3.63, 3.8) is 0 Å². The zero-order chi connectivity index (χ0) is 18.0. The first-order valence-electron chi connectivity index (χ1n) is 9.17. The molecule has 0 unspecified atom stereocenters. The molecular weight excluding hydrogens is 334 g/mol. The zero-order valence-corrected chi connectivity index (χ0v) is 16.0. The van der Waals surface area contributed by atoms with Crippen molar-refractivity contribution in [1.29, 1.82) is 0 Å². The number of benzene rings is 1. The van der Waals surface area contributed by atoms with Gasteiger partial charge in [0.1, 0.15) is 0 Å². The lowest BCUT2D eigenvalue weighted by atomic mass is 10.0. The summed E-state index contributed by atoms with van der Waals surface area (Å²) in [5.41, 5.74) is 3.60. The van der Waals surface area contributed by atoms with Crippen molar-refractivity contribution in [2.75, 3.05) is 13.1 Å². The van der Waals surface area contributed by atoms with Crippen LogP contribution in [0.1, 0.15) is 55.4 Å². The summed E-state index contributed by atoms with van der Waals surface area (Å²) in [7, 11) is 0. The molecule has 1 aromatic heterocycles. The molecule has 25 heavy (non-hydrogen) atoms. The van der Waals surface area contributed by atoms with Gasteiger partial charge in [-0.15, -0.1) is 0 Å². The van der Waals surface area contributed by atoms with E-state index in [1.54, 1.807) is 0 Å². The molecule has 134 valence electrons. The van der Waals surface area contributed by atoms with Crippen molar-refractivity contribution in [2.45, 2.75) is 46.5 Å². The highest BCUT2D eigenvalue weighted by Crippen LogP contribution is 2.26. The summed E-state index contributed by atoms with van der Waals surface area (Å²) in [6.07, 6.45) is 3.74. The minimum atomic E-state index is 0.137. The number of rotatable bonds is 5. The molecule has 3 rings (SSSR count). The van der Waals surface area contributed by atoms with Crippen LogP contribution < -0.4 is 0 Å². The number of aromatic nitrogens is 2. The van der Waals surface area contributed by atoms with E-state index in [1.165, 1.54) is 0 Å². The number of likely N-dealkylation sites (tertiary alicyclic amines) is 1. The molecule has 4 nitrogen and oxygen atoms in total. The van der Waals surface area contributed by atoms with Gasteiger partial charge >= 0.3 is 0 Å². The fourth-order valence-corrected chi connectivity index (χ4v) is 3.69. The fraction of sp³-hybridized carbons (Fsp3) is 0.500. The Kier molecular flexibility index (Phi) is 5.48. The fourth-order valence-electron chi connectivity index (χ4n) is 3.51. The maximum absolute atomic E-state index is 13.2. The van der Waals surface area contributed by atoms with Crippen LogP contribution in [0.15, 0.2) is 24.3 Å². The average Bonchev–Trinajstić information content (AvgIpc) is 3.21. The number of hydrogen-bond acceptors (Lipinski definition) is 2. The molecule has 0 bridgehead atoms. The van der Waals surface area contributed by atoms with Gasteiger partial charge in [0, 0.05) is 18.1 Å². The number of nitrogens with zero attached hydrogens (tertiary/aromatic N) is 3. The maximum atomic E-state index is 13.2. The highest BCUT2D eigenvalue weighted by molar-refractivity contribution is 6.30. The first-order valence-corrected chi connectivity index (χ1v) is 9.55. The van der Waals surface area contributed by atoms with E-state index in [4.69, 9.17) is 16.7 Å². The third kappa shape index (κ3) is 3.74. The molecule has 1 fully saturated rings. The largest absolute Gasteiger partial charge is 0.339 e. The predicted octanol–water partition coefficient (Wildman–Crippen LogP) is 4.52. The summed E-state index contributed by atoms with van der Waals surface area (Å²) in [5, 5.41) is 5.51. The Morgan fingerprint density at radius 3 is 2.60 bits per heavy atom. The number of carbonyl (C=O) groups is 1. The lowest BCUT2D eigenvalue weighted by Crippen LogP contribution is -2.29. The Labute approximate surface area is 154 Å². The lowest BCUT2D eigenvalue weighted by Gasteiger charge is -2.17. The minimum Gasteiger partial charge on any atom is -0.339 e. The third-order valence-electron chi connectivity index (χ3n) is 4.65. The van der Waals surface area contributed by atoms with E-state index in [9.17, 15) is 4.79 Å². The lowest BCUT2D eigenvalue weighted by molar-refractivity contribution is 0.0790. The summed E-state index contributed by atoms with van der Waals surface area (Å²) in [6, 6.07) is 7.66.